The van der Waals surface area contributed by atoms with Crippen LogP contribution in [-0.4, -0.2) is 34.7 Å². The van der Waals surface area contributed by atoms with Crippen molar-refractivity contribution in [3.05, 3.63) is 77.6 Å². The van der Waals surface area contributed by atoms with Crippen LogP contribution in [0.4, 0.5) is 0 Å². The van der Waals surface area contributed by atoms with Gasteiger partial charge in [-0.25, -0.2) is 0 Å². The minimum absolute atomic E-state index is 0.116. The number of carbonyl (C=O) groups excluding carboxylic acids is 1. The van der Waals surface area contributed by atoms with Gasteiger partial charge in [0.15, 0.2) is 0 Å². The summed E-state index contributed by atoms with van der Waals surface area (Å²) in [7, 11) is 5.92. The monoisotopic (exact) mass is 348 g/mol. The number of nitrogens with zero attached hydrogens (tertiary/aromatic N) is 3. The van der Waals surface area contributed by atoms with Gasteiger partial charge in [-0.1, -0.05) is 48.5 Å². The highest BCUT2D eigenvalue weighted by molar-refractivity contribution is 5.93. The lowest BCUT2D eigenvalue weighted by atomic mass is 9.98. The average Bonchev–Trinajstić information content (AvgIpc) is 3.07. The third-order valence-electron chi connectivity index (χ3n) is 4.19. The number of aryl methyl sites for hydroxylation is 1. The Morgan fingerprint density at radius 2 is 1.85 bits per heavy atom. The van der Waals surface area contributed by atoms with Crippen LogP contribution in [0, 0.1) is 0 Å². The fourth-order valence-electron chi connectivity index (χ4n) is 2.93. The first-order chi connectivity index (χ1) is 12.5. The van der Waals surface area contributed by atoms with Gasteiger partial charge in [0.2, 0.25) is 0 Å². The molecule has 1 amide bonds. The number of carbonyl (C=O) groups is 1. The summed E-state index contributed by atoms with van der Waals surface area (Å²) in [6.07, 6.45) is 3.29. The number of aromatic nitrogens is 2. The molecule has 0 aliphatic heterocycles. The highest BCUT2D eigenvalue weighted by Crippen LogP contribution is 2.24. The summed E-state index contributed by atoms with van der Waals surface area (Å²) in [6, 6.07) is 16.7. The molecule has 0 atom stereocenters. The number of benzene rings is 2. The van der Waals surface area contributed by atoms with Crippen LogP contribution >= 0.6 is 0 Å². The summed E-state index contributed by atoms with van der Waals surface area (Å²) in [5.74, 6) is -0.116. The molecule has 0 fully saturated rings. The van der Waals surface area contributed by atoms with E-state index in [0.29, 0.717) is 12.1 Å². The molecule has 1 heterocycles. The second kappa shape index (κ2) is 7.97. The highest BCUT2D eigenvalue weighted by atomic mass is 16.1. The maximum absolute atomic E-state index is 12.3. The zero-order valence-electron chi connectivity index (χ0n) is 15.4. The van der Waals surface area contributed by atoms with E-state index >= 15 is 0 Å². The second-order valence-corrected chi connectivity index (χ2v) is 6.68. The van der Waals surface area contributed by atoms with Crippen molar-refractivity contribution in [2.75, 3.05) is 14.1 Å². The molecule has 0 unspecified atom stereocenters. The fourth-order valence-corrected chi connectivity index (χ4v) is 2.93. The Balaban J connectivity index is 1.74. The van der Waals surface area contributed by atoms with Crippen LogP contribution in [0.2, 0.25) is 0 Å². The molecule has 5 heteroatoms. The zero-order valence-corrected chi connectivity index (χ0v) is 15.4. The van der Waals surface area contributed by atoms with E-state index < -0.39 is 0 Å². The predicted molar refractivity (Wildman–Crippen MR) is 104 cm³/mol. The summed E-state index contributed by atoms with van der Waals surface area (Å²) in [5.41, 5.74) is 5.22. The standard InChI is InChI=1S/C21H24N4O/c1-24(2)14-16-8-10-17(11-9-16)20-7-5-4-6-18(20)12-22-21(26)19-13-23-25(3)15-19/h4-11,13,15H,12,14H2,1-3H3,(H,22,26). The lowest BCUT2D eigenvalue weighted by molar-refractivity contribution is 0.0951. The Labute approximate surface area is 154 Å². The topological polar surface area (TPSA) is 50.2 Å². The molecule has 1 aromatic heterocycles. The first-order valence-corrected chi connectivity index (χ1v) is 8.62. The summed E-state index contributed by atoms with van der Waals surface area (Å²) in [5, 5.41) is 7.02. The fraction of sp³-hybridized carbons (Fsp3) is 0.238. The predicted octanol–water partition coefficient (Wildman–Crippen LogP) is 3.08. The summed E-state index contributed by atoms with van der Waals surface area (Å²) < 4.78 is 1.62. The Morgan fingerprint density at radius 3 is 2.50 bits per heavy atom. The van der Waals surface area contributed by atoms with Gasteiger partial charge in [-0.3, -0.25) is 9.48 Å². The van der Waals surface area contributed by atoms with Crippen molar-refractivity contribution in [1.29, 1.82) is 0 Å². The normalized spacial score (nSPS) is 10.9. The third-order valence-corrected chi connectivity index (χ3v) is 4.19. The van der Waals surface area contributed by atoms with E-state index in [1.807, 2.05) is 18.2 Å². The first-order valence-electron chi connectivity index (χ1n) is 8.62. The average molecular weight is 348 g/mol. The maximum Gasteiger partial charge on any atom is 0.254 e. The van der Waals surface area contributed by atoms with E-state index in [-0.39, 0.29) is 5.91 Å². The Morgan fingerprint density at radius 1 is 1.12 bits per heavy atom. The summed E-state index contributed by atoms with van der Waals surface area (Å²) in [6.45, 7) is 1.40. The molecule has 0 aliphatic carbocycles. The van der Waals surface area contributed by atoms with Crippen LogP contribution in [0.1, 0.15) is 21.5 Å². The molecule has 1 N–H and O–H groups in total. The van der Waals surface area contributed by atoms with Gasteiger partial charge in [-0.15, -0.1) is 0 Å². The van der Waals surface area contributed by atoms with Gasteiger partial charge in [0, 0.05) is 26.3 Å². The van der Waals surface area contributed by atoms with Crippen molar-refractivity contribution in [3.8, 4) is 11.1 Å². The van der Waals surface area contributed by atoms with E-state index in [1.54, 1.807) is 24.1 Å². The largest absolute Gasteiger partial charge is 0.348 e. The number of rotatable bonds is 6. The van der Waals surface area contributed by atoms with Gasteiger partial charge in [0.25, 0.3) is 5.91 Å². The zero-order chi connectivity index (χ0) is 18.5. The number of amides is 1. The second-order valence-electron chi connectivity index (χ2n) is 6.68. The Bertz CT molecular complexity index is 881. The van der Waals surface area contributed by atoms with Gasteiger partial charge in [0.1, 0.15) is 0 Å². The van der Waals surface area contributed by atoms with Gasteiger partial charge < -0.3 is 10.2 Å². The van der Waals surface area contributed by atoms with Crippen LogP contribution in [0.25, 0.3) is 11.1 Å². The molecule has 3 aromatic rings. The molecule has 0 radical (unpaired) electrons. The van der Waals surface area contributed by atoms with Gasteiger partial charge in [-0.05, 0) is 36.3 Å². The highest BCUT2D eigenvalue weighted by Gasteiger charge is 2.10. The molecule has 0 bridgehead atoms. The van der Waals surface area contributed by atoms with Crippen LogP contribution < -0.4 is 5.32 Å². The molecule has 0 spiro atoms. The molecule has 134 valence electrons. The van der Waals surface area contributed by atoms with Crippen molar-refractivity contribution < 1.29 is 4.79 Å². The minimum atomic E-state index is -0.116. The van der Waals surface area contributed by atoms with Crippen LogP contribution in [0.3, 0.4) is 0 Å². The van der Waals surface area contributed by atoms with Crippen LogP contribution in [0.15, 0.2) is 60.9 Å². The first kappa shape index (κ1) is 17.9. The third kappa shape index (κ3) is 4.37. The Hall–Kier alpha value is -2.92. The quantitative estimate of drug-likeness (QED) is 0.745. The van der Waals surface area contributed by atoms with E-state index in [9.17, 15) is 4.79 Å². The lowest BCUT2D eigenvalue weighted by Crippen LogP contribution is -2.22. The van der Waals surface area contributed by atoms with Crippen molar-refractivity contribution in [1.82, 2.24) is 20.0 Å². The van der Waals surface area contributed by atoms with Crippen molar-refractivity contribution >= 4 is 5.91 Å². The van der Waals surface area contributed by atoms with Gasteiger partial charge >= 0.3 is 0 Å². The Kier molecular flexibility index (Phi) is 5.49. The van der Waals surface area contributed by atoms with E-state index in [4.69, 9.17) is 0 Å². The summed E-state index contributed by atoms with van der Waals surface area (Å²) in [4.78, 5) is 14.4. The van der Waals surface area contributed by atoms with Gasteiger partial charge in [0.05, 0.1) is 11.8 Å². The lowest BCUT2D eigenvalue weighted by Gasteiger charge is -2.13. The SMILES string of the molecule is CN(C)Cc1ccc(-c2ccccc2CNC(=O)c2cnn(C)c2)cc1. The molecule has 0 saturated carbocycles. The smallest absolute Gasteiger partial charge is 0.254 e. The number of nitrogens with one attached hydrogen (secondary N) is 1. The van der Waals surface area contributed by atoms with Crippen LogP contribution in [0.5, 0.6) is 0 Å². The number of hydrogen-bond acceptors (Lipinski definition) is 3. The van der Waals surface area contributed by atoms with Gasteiger partial charge in [-0.2, -0.15) is 5.10 Å². The van der Waals surface area contributed by atoms with Crippen molar-refractivity contribution in [2.24, 2.45) is 7.05 Å². The molecule has 0 saturated heterocycles. The van der Waals surface area contributed by atoms with E-state index in [1.165, 1.54) is 5.56 Å². The molecule has 26 heavy (non-hydrogen) atoms. The summed E-state index contributed by atoms with van der Waals surface area (Å²) >= 11 is 0. The minimum Gasteiger partial charge on any atom is -0.348 e. The van der Waals surface area contributed by atoms with Crippen LogP contribution in [-0.2, 0) is 20.1 Å². The molecule has 0 aliphatic rings. The van der Waals surface area contributed by atoms with Crippen molar-refractivity contribution in [2.45, 2.75) is 13.1 Å². The molecular formula is C21H24N4O. The number of hydrogen-bond donors (Lipinski definition) is 1. The van der Waals surface area contributed by atoms with Crippen molar-refractivity contribution in [3.63, 3.8) is 0 Å². The molecule has 5 nitrogen and oxygen atoms in total. The maximum atomic E-state index is 12.3. The van der Waals surface area contributed by atoms with E-state index in [0.717, 1.165) is 23.2 Å². The van der Waals surface area contributed by atoms with E-state index in [2.05, 4.69) is 59.7 Å². The molecule has 3 rings (SSSR count). The molecular weight excluding hydrogens is 324 g/mol. The molecule has 2 aromatic carbocycles.